The molecule has 29 heavy (non-hydrogen) atoms. The number of benzene rings is 1. The fourth-order valence-corrected chi connectivity index (χ4v) is 4.27. The minimum Gasteiger partial charge on any atom is -0.419 e. The number of carbonyl (C=O) groups is 1. The lowest BCUT2D eigenvalue weighted by atomic mass is 9.85. The van der Waals surface area contributed by atoms with Crippen LogP contribution in [-0.4, -0.2) is 43.6 Å². The predicted molar refractivity (Wildman–Crippen MR) is 110 cm³/mol. The van der Waals surface area contributed by atoms with E-state index in [1.807, 2.05) is 30.5 Å². The number of carbonyl (C=O) groups excluding carboxylic acids is 1. The van der Waals surface area contributed by atoms with E-state index in [9.17, 15) is 4.79 Å². The highest BCUT2D eigenvalue weighted by Crippen LogP contribution is 2.35. The molecule has 0 unspecified atom stereocenters. The summed E-state index contributed by atoms with van der Waals surface area (Å²) in [4.78, 5) is 19.0. The van der Waals surface area contributed by atoms with Gasteiger partial charge in [0.1, 0.15) is 5.69 Å². The Bertz CT molecular complexity index is 1010. The molecule has 0 radical (unpaired) electrons. The van der Waals surface area contributed by atoms with Crippen molar-refractivity contribution in [3.63, 3.8) is 0 Å². The van der Waals surface area contributed by atoms with Crippen LogP contribution in [0.1, 0.15) is 53.5 Å². The second-order valence-electron chi connectivity index (χ2n) is 7.68. The first-order valence-corrected chi connectivity index (χ1v) is 10.2. The van der Waals surface area contributed by atoms with Gasteiger partial charge in [0.25, 0.3) is 11.8 Å². The SMILES string of the molecule is Cc1ncn(C)c1-c1nnc([C@H]2CCC[C@@H](N(C)C(=O)c3cccc(Cl)c3)C2)o1. The molecular weight excluding hydrogens is 390 g/mol. The van der Waals surface area contributed by atoms with Gasteiger partial charge >= 0.3 is 0 Å². The van der Waals surface area contributed by atoms with Crippen LogP contribution in [0.5, 0.6) is 0 Å². The van der Waals surface area contributed by atoms with Crippen LogP contribution in [0.25, 0.3) is 11.6 Å². The molecule has 0 spiro atoms. The number of halogens is 1. The second kappa shape index (κ2) is 7.99. The number of amides is 1. The maximum Gasteiger partial charge on any atom is 0.266 e. The maximum absolute atomic E-state index is 12.9. The van der Waals surface area contributed by atoms with Crippen molar-refractivity contribution in [2.45, 2.75) is 44.6 Å². The largest absolute Gasteiger partial charge is 0.419 e. The molecule has 1 saturated carbocycles. The van der Waals surface area contributed by atoms with Gasteiger partial charge in [-0.05, 0) is 44.4 Å². The van der Waals surface area contributed by atoms with Gasteiger partial charge in [-0.15, -0.1) is 10.2 Å². The minimum atomic E-state index is -0.0186. The van der Waals surface area contributed by atoms with Gasteiger partial charge in [0.2, 0.25) is 5.89 Å². The molecule has 7 nitrogen and oxygen atoms in total. The summed E-state index contributed by atoms with van der Waals surface area (Å²) in [5, 5.41) is 9.12. The van der Waals surface area contributed by atoms with E-state index in [4.69, 9.17) is 16.0 Å². The summed E-state index contributed by atoms with van der Waals surface area (Å²) in [5.41, 5.74) is 2.30. The van der Waals surface area contributed by atoms with Crippen LogP contribution in [0.15, 0.2) is 35.0 Å². The van der Waals surface area contributed by atoms with E-state index in [1.165, 1.54) is 0 Å². The Balaban J connectivity index is 1.49. The summed E-state index contributed by atoms with van der Waals surface area (Å²) in [7, 11) is 3.76. The first-order valence-electron chi connectivity index (χ1n) is 9.78. The lowest BCUT2D eigenvalue weighted by Gasteiger charge is -2.34. The third-order valence-corrected chi connectivity index (χ3v) is 5.93. The normalized spacial score (nSPS) is 19.3. The third kappa shape index (κ3) is 3.92. The Morgan fingerprint density at radius 3 is 2.86 bits per heavy atom. The lowest BCUT2D eigenvalue weighted by Crippen LogP contribution is -2.39. The Hall–Kier alpha value is -2.67. The van der Waals surface area contributed by atoms with E-state index in [2.05, 4.69) is 15.2 Å². The molecule has 1 aromatic carbocycles. The molecule has 2 atom stereocenters. The summed E-state index contributed by atoms with van der Waals surface area (Å²) in [5.74, 6) is 1.24. The third-order valence-electron chi connectivity index (χ3n) is 5.70. The number of hydrogen-bond acceptors (Lipinski definition) is 5. The van der Waals surface area contributed by atoms with Gasteiger partial charge in [-0.25, -0.2) is 4.98 Å². The molecule has 4 rings (SSSR count). The molecule has 1 amide bonds. The van der Waals surface area contributed by atoms with Gasteiger partial charge in [-0.1, -0.05) is 24.1 Å². The van der Waals surface area contributed by atoms with E-state index in [1.54, 1.807) is 30.6 Å². The molecule has 2 heterocycles. The Morgan fingerprint density at radius 2 is 2.14 bits per heavy atom. The number of nitrogens with zero attached hydrogens (tertiary/aromatic N) is 5. The van der Waals surface area contributed by atoms with Crippen LogP contribution in [0, 0.1) is 6.92 Å². The van der Waals surface area contributed by atoms with E-state index >= 15 is 0 Å². The molecule has 3 aromatic rings. The zero-order chi connectivity index (χ0) is 20.5. The molecule has 2 aromatic heterocycles. The van der Waals surface area contributed by atoms with Crippen molar-refractivity contribution in [3.05, 3.63) is 52.8 Å². The summed E-state index contributed by atoms with van der Waals surface area (Å²) in [6, 6.07) is 7.20. The number of hydrogen-bond donors (Lipinski definition) is 0. The van der Waals surface area contributed by atoms with Gasteiger partial charge in [-0.3, -0.25) is 4.79 Å². The smallest absolute Gasteiger partial charge is 0.266 e. The van der Waals surface area contributed by atoms with E-state index in [0.717, 1.165) is 37.1 Å². The van der Waals surface area contributed by atoms with Gasteiger partial charge in [0.15, 0.2) is 0 Å². The molecule has 0 bridgehead atoms. The molecule has 1 fully saturated rings. The molecular formula is C21H24ClN5O2. The van der Waals surface area contributed by atoms with Gasteiger partial charge < -0.3 is 13.9 Å². The zero-order valence-electron chi connectivity index (χ0n) is 16.8. The topological polar surface area (TPSA) is 77.1 Å². The number of rotatable bonds is 4. The Morgan fingerprint density at radius 1 is 1.31 bits per heavy atom. The van der Waals surface area contributed by atoms with Crippen LogP contribution < -0.4 is 0 Å². The maximum atomic E-state index is 12.9. The van der Waals surface area contributed by atoms with Crippen molar-refractivity contribution in [2.75, 3.05) is 7.05 Å². The molecule has 0 aliphatic heterocycles. The van der Waals surface area contributed by atoms with Crippen molar-refractivity contribution in [2.24, 2.45) is 7.05 Å². The second-order valence-corrected chi connectivity index (χ2v) is 8.12. The lowest BCUT2D eigenvalue weighted by molar-refractivity contribution is 0.0680. The quantitative estimate of drug-likeness (QED) is 0.639. The number of aromatic nitrogens is 4. The highest BCUT2D eigenvalue weighted by molar-refractivity contribution is 6.30. The fourth-order valence-electron chi connectivity index (χ4n) is 4.08. The molecule has 0 N–H and O–H groups in total. The average molecular weight is 414 g/mol. The number of imidazole rings is 1. The number of aryl methyl sites for hydroxylation is 2. The predicted octanol–water partition coefficient (Wildman–Crippen LogP) is 4.23. The summed E-state index contributed by atoms with van der Waals surface area (Å²) in [6.07, 6.45) is 5.48. The Kier molecular flexibility index (Phi) is 5.41. The summed E-state index contributed by atoms with van der Waals surface area (Å²) in [6.45, 7) is 1.92. The van der Waals surface area contributed by atoms with Crippen LogP contribution >= 0.6 is 11.6 Å². The van der Waals surface area contributed by atoms with Crippen molar-refractivity contribution >= 4 is 17.5 Å². The standard InChI is InChI=1S/C21H24ClN5O2/c1-13-18(26(2)12-23-13)20-25-24-19(29-20)14-6-5-9-17(11-14)27(3)21(28)15-7-4-8-16(22)10-15/h4,7-8,10,12,14,17H,5-6,9,11H2,1-3H3/t14-,17+/m0/s1. The Labute approximate surface area is 174 Å². The fraction of sp³-hybridized carbons (Fsp3) is 0.429. The zero-order valence-corrected chi connectivity index (χ0v) is 17.6. The van der Waals surface area contributed by atoms with Crippen LogP contribution in [0.3, 0.4) is 0 Å². The first kappa shape index (κ1) is 19.6. The van der Waals surface area contributed by atoms with E-state index in [-0.39, 0.29) is 17.9 Å². The van der Waals surface area contributed by atoms with Crippen LogP contribution in [0.4, 0.5) is 0 Å². The summed E-state index contributed by atoms with van der Waals surface area (Å²) < 4.78 is 7.90. The monoisotopic (exact) mass is 413 g/mol. The highest BCUT2D eigenvalue weighted by atomic mass is 35.5. The van der Waals surface area contributed by atoms with Crippen molar-refractivity contribution in [3.8, 4) is 11.6 Å². The summed E-state index contributed by atoms with van der Waals surface area (Å²) >= 11 is 6.04. The van der Waals surface area contributed by atoms with Gasteiger partial charge in [-0.2, -0.15) is 0 Å². The first-order chi connectivity index (χ1) is 13.9. The van der Waals surface area contributed by atoms with Crippen molar-refractivity contribution in [1.29, 1.82) is 0 Å². The molecule has 1 aliphatic rings. The molecule has 0 saturated heterocycles. The highest BCUT2D eigenvalue weighted by Gasteiger charge is 2.32. The van der Waals surface area contributed by atoms with E-state index < -0.39 is 0 Å². The van der Waals surface area contributed by atoms with Crippen molar-refractivity contribution in [1.82, 2.24) is 24.6 Å². The van der Waals surface area contributed by atoms with Gasteiger partial charge in [0.05, 0.1) is 12.0 Å². The van der Waals surface area contributed by atoms with Gasteiger partial charge in [0, 0.05) is 36.6 Å². The molecule has 152 valence electrons. The minimum absolute atomic E-state index is 0.0186. The average Bonchev–Trinajstić information content (AvgIpc) is 3.33. The molecule has 1 aliphatic carbocycles. The van der Waals surface area contributed by atoms with E-state index in [0.29, 0.717) is 22.4 Å². The van der Waals surface area contributed by atoms with Crippen molar-refractivity contribution < 1.29 is 9.21 Å². The van der Waals surface area contributed by atoms with Crippen LogP contribution in [0.2, 0.25) is 5.02 Å². The van der Waals surface area contributed by atoms with Crippen LogP contribution in [-0.2, 0) is 7.05 Å². The molecule has 8 heteroatoms.